The number of unbranched alkanes of at least 4 members (excludes halogenated alkanes) is 1. The van der Waals surface area contributed by atoms with Crippen molar-refractivity contribution in [2.45, 2.75) is 58.9 Å². The Balaban J connectivity index is 2.75. The Morgan fingerprint density at radius 3 is 2.60 bits per heavy atom. The summed E-state index contributed by atoms with van der Waals surface area (Å²) in [7, 11) is 1.38. The molecule has 0 bridgehead atoms. The Morgan fingerprint density at radius 1 is 1.30 bits per heavy atom. The summed E-state index contributed by atoms with van der Waals surface area (Å²) in [4.78, 5) is 16.0. The van der Waals surface area contributed by atoms with Crippen LogP contribution in [0, 0.1) is 6.92 Å². The quantitative estimate of drug-likeness (QED) is 0.732. The van der Waals surface area contributed by atoms with Gasteiger partial charge in [0.15, 0.2) is 0 Å². The predicted octanol–water partition coefficient (Wildman–Crippen LogP) is 3.95. The smallest absolute Gasteiger partial charge is 0.339 e. The highest BCUT2D eigenvalue weighted by molar-refractivity contribution is 5.90. The maximum atomic E-state index is 11.5. The number of pyridine rings is 1. The van der Waals surface area contributed by atoms with E-state index in [4.69, 9.17) is 4.74 Å². The maximum absolute atomic E-state index is 11.5. The Bertz CT molecular complexity index is 432. The van der Waals surface area contributed by atoms with Gasteiger partial charge >= 0.3 is 5.97 Å². The first-order valence-electron chi connectivity index (χ1n) is 7.44. The van der Waals surface area contributed by atoms with E-state index < -0.39 is 0 Å². The van der Waals surface area contributed by atoms with E-state index in [1.807, 2.05) is 13.0 Å². The molecule has 0 spiro atoms. The minimum atomic E-state index is -0.336. The average Bonchev–Trinajstić information content (AvgIpc) is 2.44. The van der Waals surface area contributed by atoms with Gasteiger partial charge in [-0.25, -0.2) is 9.78 Å². The zero-order valence-electron chi connectivity index (χ0n) is 13.0. The van der Waals surface area contributed by atoms with Crippen molar-refractivity contribution in [3.05, 3.63) is 23.4 Å². The van der Waals surface area contributed by atoms with Crippen molar-refractivity contribution in [1.29, 1.82) is 0 Å². The Morgan fingerprint density at radius 2 is 2.05 bits per heavy atom. The minimum Gasteiger partial charge on any atom is -0.465 e. The molecule has 0 saturated carbocycles. The largest absolute Gasteiger partial charge is 0.465 e. The van der Waals surface area contributed by atoms with Crippen molar-refractivity contribution in [2.24, 2.45) is 0 Å². The fourth-order valence-corrected chi connectivity index (χ4v) is 2.26. The van der Waals surface area contributed by atoms with Crippen LogP contribution in [0.5, 0.6) is 0 Å². The van der Waals surface area contributed by atoms with Crippen LogP contribution in [-0.2, 0) is 4.74 Å². The number of aromatic nitrogens is 1. The van der Waals surface area contributed by atoms with Crippen molar-refractivity contribution in [3.8, 4) is 0 Å². The lowest BCUT2D eigenvalue weighted by molar-refractivity contribution is 0.0599. The van der Waals surface area contributed by atoms with Gasteiger partial charge in [0, 0.05) is 6.04 Å². The minimum absolute atomic E-state index is 0.336. The number of carbonyl (C=O) groups is 1. The van der Waals surface area contributed by atoms with Gasteiger partial charge in [0.05, 0.1) is 18.4 Å². The van der Waals surface area contributed by atoms with Crippen molar-refractivity contribution >= 4 is 11.8 Å². The molecule has 0 fully saturated rings. The highest BCUT2D eigenvalue weighted by Gasteiger charge is 2.12. The number of esters is 1. The van der Waals surface area contributed by atoms with Crippen molar-refractivity contribution in [3.63, 3.8) is 0 Å². The number of rotatable bonds is 8. The first-order chi connectivity index (χ1) is 9.62. The lowest BCUT2D eigenvalue weighted by Gasteiger charge is -2.19. The van der Waals surface area contributed by atoms with E-state index in [-0.39, 0.29) is 5.97 Å². The van der Waals surface area contributed by atoms with E-state index in [1.165, 1.54) is 20.0 Å². The molecule has 0 amide bonds. The standard InChI is InChI=1S/C16H26N2O2/c1-5-7-9-13(8-6-2)18-15-11-10-14(12(3)17-15)16(19)20-4/h10-11,13H,5-9H2,1-4H3,(H,17,18). The molecular formula is C16H26N2O2. The highest BCUT2D eigenvalue weighted by atomic mass is 16.5. The summed E-state index contributed by atoms with van der Waals surface area (Å²) in [6.45, 7) is 6.23. The molecule has 0 aliphatic rings. The van der Waals surface area contributed by atoms with Gasteiger partial charge in [-0.1, -0.05) is 33.1 Å². The van der Waals surface area contributed by atoms with E-state index >= 15 is 0 Å². The molecule has 1 rings (SSSR count). The molecule has 0 saturated heterocycles. The summed E-state index contributed by atoms with van der Waals surface area (Å²) in [6, 6.07) is 4.09. The third kappa shape index (κ3) is 4.83. The summed E-state index contributed by atoms with van der Waals surface area (Å²) in [5, 5.41) is 3.48. The number of methoxy groups -OCH3 is 1. The van der Waals surface area contributed by atoms with E-state index in [9.17, 15) is 4.79 Å². The number of hydrogen-bond donors (Lipinski definition) is 1. The number of ether oxygens (including phenoxy) is 1. The van der Waals surface area contributed by atoms with Gasteiger partial charge in [-0.15, -0.1) is 0 Å². The van der Waals surface area contributed by atoms with Gasteiger partial charge in [0.1, 0.15) is 5.82 Å². The van der Waals surface area contributed by atoms with E-state index in [2.05, 4.69) is 24.1 Å². The molecule has 20 heavy (non-hydrogen) atoms. The van der Waals surface area contributed by atoms with Crippen molar-refractivity contribution in [1.82, 2.24) is 4.98 Å². The molecule has 4 nitrogen and oxygen atoms in total. The molecule has 0 aliphatic heterocycles. The van der Waals surface area contributed by atoms with Crippen LogP contribution in [0.4, 0.5) is 5.82 Å². The number of anilines is 1. The van der Waals surface area contributed by atoms with Gasteiger partial charge in [-0.05, 0) is 31.9 Å². The molecule has 1 aromatic heterocycles. The first kappa shape index (κ1) is 16.5. The molecule has 1 aromatic rings. The molecule has 0 aromatic carbocycles. The molecule has 1 heterocycles. The summed E-state index contributed by atoms with van der Waals surface area (Å²) in [5.41, 5.74) is 1.23. The second-order valence-electron chi connectivity index (χ2n) is 5.09. The predicted molar refractivity (Wildman–Crippen MR) is 82.2 cm³/mol. The van der Waals surface area contributed by atoms with Crippen LogP contribution in [-0.4, -0.2) is 24.1 Å². The topological polar surface area (TPSA) is 51.2 Å². The maximum Gasteiger partial charge on any atom is 0.339 e. The zero-order valence-corrected chi connectivity index (χ0v) is 13.0. The Hall–Kier alpha value is -1.58. The highest BCUT2D eigenvalue weighted by Crippen LogP contribution is 2.16. The van der Waals surface area contributed by atoms with Gasteiger partial charge in [0.2, 0.25) is 0 Å². The summed E-state index contributed by atoms with van der Waals surface area (Å²) >= 11 is 0. The van der Waals surface area contributed by atoms with Crippen molar-refractivity contribution in [2.75, 3.05) is 12.4 Å². The number of nitrogens with zero attached hydrogens (tertiary/aromatic N) is 1. The lowest BCUT2D eigenvalue weighted by Crippen LogP contribution is -2.20. The molecule has 0 aliphatic carbocycles. The molecule has 1 atom stereocenters. The van der Waals surface area contributed by atoms with E-state index in [1.54, 1.807) is 6.07 Å². The van der Waals surface area contributed by atoms with E-state index in [0.717, 1.165) is 25.1 Å². The van der Waals surface area contributed by atoms with Crippen LogP contribution in [0.3, 0.4) is 0 Å². The SMILES string of the molecule is CCCCC(CCC)Nc1ccc(C(=O)OC)c(C)n1. The van der Waals surface area contributed by atoms with Gasteiger partial charge in [-0.3, -0.25) is 0 Å². The van der Waals surface area contributed by atoms with Crippen LogP contribution in [0.15, 0.2) is 12.1 Å². The average molecular weight is 278 g/mol. The molecule has 1 unspecified atom stereocenters. The second kappa shape index (κ2) is 8.56. The molecule has 0 radical (unpaired) electrons. The van der Waals surface area contributed by atoms with Gasteiger partial charge in [0.25, 0.3) is 0 Å². The second-order valence-corrected chi connectivity index (χ2v) is 5.09. The van der Waals surface area contributed by atoms with Crippen LogP contribution in [0.2, 0.25) is 0 Å². The summed E-state index contributed by atoms with van der Waals surface area (Å²) in [6.07, 6.45) is 5.87. The fraction of sp³-hybridized carbons (Fsp3) is 0.625. The van der Waals surface area contributed by atoms with Gasteiger partial charge < -0.3 is 10.1 Å². The molecule has 4 heteroatoms. The molecule has 1 N–H and O–H groups in total. The molecule has 112 valence electrons. The third-order valence-electron chi connectivity index (χ3n) is 3.39. The summed E-state index contributed by atoms with van der Waals surface area (Å²) < 4.78 is 4.73. The summed E-state index contributed by atoms with van der Waals surface area (Å²) in [5.74, 6) is 0.502. The normalized spacial score (nSPS) is 12.0. The number of nitrogens with one attached hydrogen (secondary N) is 1. The fourth-order valence-electron chi connectivity index (χ4n) is 2.26. The van der Waals surface area contributed by atoms with Crippen LogP contribution < -0.4 is 5.32 Å². The van der Waals surface area contributed by atoms with Crippen LogP contribution in [0.1, 0.15) is 62.0 Å². The van der Waals surface area contributed by atoms with E-state index in [0.29, 0.717) is 17.3 Å². The van der Waals surface area contributed by atoms with Gasteiger partial charge in [-0.2, -0.15) is 0 Å². The number of hydrogen-bond acceptors (Lipinski definition) is 4. The number of aryl methyl sites for hydroxylation is 1. The van der Waals surface area contributed by atoms with Crippen LogP contribution >= 0.6 is 0 Å². The Labute approximate surface area is 121 Å². The van der Waals surface area contributed by atoms with Crippen LogP contribution in [0.25, 0.3) is 0 Å². The lowest BCUT2D eigenvalue weighted by atomic mass is 10.1. The Kier molecular flexibility index (Phi) is 7.05. The monoisotopic (exact) mass is 278 g/mol. The third-order valence-corrected chi connectivity index (χ3v) is 3.39. The number of carbonyl (C=O) groups excluding carboxylic acids is 1. The zero-order chi connectivity index (χ0) is 15.0. The molecular weight excluding hydrogens is 252 g/mol. The van der Waals surface area contributed by atoms with Crippen molar-refractivity contribution < 1.29 is 9.53 Å². The first-order valence-corrected chi connectivity index (χ1v) is 7.44.